The quantitative estimate of drug-likeness (QED) is 0.566. The van der Waals surface area contributed by atoms with Crippen LogP contribution in [0.5, 0.6) is 0 Å². The van der Waals surface area contributed by atoms with Crippen molar-refractivity contribution >= 4 is 15.8 Å². The Kier molecular flexibility index (Phi) is 4.58. The van der Waals surface area contributed by atoms with Crippen molar-refractivity contribution in [2.24, 2.45) is 16.6 Å². The van der Waals surface area contributed by atoms with Gasteiger partial charge < -0.3 is 10.6 Å². The molecule has 0 bridgehead atoms. The Morgan fingerprint density at radius 2 is 2.00 bits per heavy atom. The lowest BCUT2D eigenvalue weighted by atomic mass is 10.00. The molecule has 1 aliphatic heterocycles. The van der Waals surface area contributed by atoms with E-state index in [1.54, 1.807) is 0 Å². The molecule has 0 aromatic carbocycles. The highest BCUT2D eigenvalue weighted by molar-refractivity contribution is 7.90. The number of sulfone groups is 1. The van der Waals surface area contributed by atoms with Crippen molar-refractivity contribution in [3.05, 3.63) is 0 Å². The van der Waals surface area contributed by atoms with E-state index >= 15 is 0 Å². The minimum Gasteiger partial charge on any atom is -0.370 e. The minimum atomic E-state index is -2.94. The van der Waals surface area contributed by atoms with Gasteiger partial charge in [-0.25, -0.2) is 8.42 Å². The maximum atomic E-state index is 10.9. The summed E-state index contributed by atoms with van der Waals surface area (Å²) in [7, 11) is -2.94. The summed E-state index contributed by atoms with van der Waals surface area (Å²) < 4.78 is 21.8. The third-order valence-electron chi connectivity index (χ3n) is 2.84. The van der Waals surface area contributed by atoms with Gasteiger partial charge in [-0.3, -0.25) is 4.99 Å². The van der Waals surface area contributed by atoms with Crippen molar-refractivity contribution in [2.75, 3.05) is 31.6 Å². The van der Waals surface area contributed by atoms with Crippen LogP contribution < -0.4 is 5.73 Å². The van der Waals surface area contributed by atoms with E-state index < -0.39 is 9.84 Å². The summed E-state index contributed by atoms with van der Waals surface area (Å²) in [5.41, 5.74) is 5.80. The predicted molar refractivity (Wildman–Crippen MR) is 66.2 cm³/mol. The number of hydrogen-bond acceptors (Lipinski definition) is 3. The predicted octanol–water partition coefficient (Wildman–Crippen LogP) is 0.0776. The number of aliphatic imine (C=N–C) groups is 1. The van der Waals surface area contributed by atoms with Gasteiger partial charge in [-0.15, -0.1) is 0 Å². The lowest BCUT2D eigenvalue weighted by Crippen LogP contribution is -2.42. The summed E-state index contributed by atoms with van der Waals surface area (Å²) in [6.07, 6.45) is 3.46. The van der Waals surface area contributed by atoms with Gasteiger partial charge in [0, 0.05) is 19.3 Å². The highest BCUT2D eigenvalue weighted by Crippen LogP contribution is 2.15. The second-order valence-electron chi connectivity index (χ2n) is 4.54. The summed E-state index contributed by atoms with van der Waals surface area (Å²) in [6.45, 7) is 4.34. The highest BCUT2D eigenvalue weighted by atomic mass is 32.2. The van der Waals surface area contributed by atoms with Gasteiger partial charge in [0.15, 0.2) is 5.96 Å². The molecule has 0 spiro atoms. The Balaban J connectivity index is 2.39. The number of nitrogens with two attached hydrogens (primary N) is 1. The lowest BCUT2D eigenvalue weighted by Gasteiger charge is -2.30. The van der Waals surface area contributed by atoms with Gasteiger partial charge in [-0.1, -0.05) is 6.92 Å². The zero-order chi connectivity index (χ0) is 12.2. The van der Waals surface area contributed by atoms with Crippen LogP contribution in [-0.2, 0) is 9.84 Å². The van der Waals surface area contributed by atoms with Crippen molar-refractivity contribution in [3.63, 3.8) is 0 Å². The van der Waals surface area contributed by atoms with Crippen LogP contribution >= 0.6 is 0 Å². The fourth-order valence-electron chi connectivity index (χ4n) is 1.66. The number of rotatable bonds is 3. The van der Waals surface area contributed by atoms with Gasteiger partial charge in [-0.05, 0) is 18.8 Å². The molecular weight excluding hydrogens is 226 g/mol. The molecule has 94 valence electrons. The third kappa shape index (κ3) is 4.83. The van der Waals surface area contributed by atoms with Crippen LogP contribution in [0.3, 0.4) is 0 Å². The average Bonchev–Trinajstić information content (AvgIpc) is 2.16. The zero-order valence-corrected chi connectivity index (χ0v) is 10.8. The van der Waals surface area contributed by atoms with Crippen molar-refractivity contribution in [1.29, 1.82) is 0 Å². The monoisotopic (exact) mass is 247 g/mol. The maximum absolute atomic E-state index is 10.9. The summed E-state index contributed by atoms with van der Waals surface area (Å²) in [5, 5.41) is 0. The van der Waals surface area contributed by atoms with Gasteiger partial charge >= 0.3 is 0 Å². The molecule has 0 radical (unpaired) electrons. The standard InChI is InChI=1S/C10H21N3O2S/c1-9-3-6-13(7-4-9)10(11)12-5-8-16(2,14)15/h9H,3-8H2,1-2H3,(H2,11,12). The first kappa shape index (κ1) is 13.3. The van der Waals surface area contributed by atoms with E-state index in [1.807, 2.05) is 4.90 Å². The van der Waals surface area contributed by atoms with Gasteiger partial charge in [0.1, 0.15) is 9.84 Å². The fourth-order valence-corrected chi connectivity index (χ4v) is 2.09. The fraction of sp³-hybridized carbons (Fsp3) is 0.900. The average molecular weight is 247 g/mol. The lowest BCUT2D eigenvalue weighted by molar-refractivity contribution is 0.278. The first-order valence-corrected chi connectivity index (χ1v) is 7.67. The zero-order valence-electron chi connectivity index (χ0n) is 10.0. The molecule has 0 unspecified atom stereocenters. The molecule has 0 atom stereocenters. The molecule has 0 amide bonds. The van der Waals surface area contributed by atoms with Crippen LogP contribution in [0.25, 0.3) is 0 Å². The molecule has 1 aliphatic rings. The molecule has 1 rings (SSSR count). The largest absolute Gasteiger partial charge is 0.370 e. The highest BCUT2D eigenvalue weighted by Gasteiger charge is 2.16. The van der Waals surface area contributed by atoms with E-state index in [2.05, 4.69) is 11.9 Å². The van der Waals surface area contributed by atoms with Crippen molar-refractivity contribution < 1.29 is 8.42 Å². The molecule has 2 N–H and O–H groups in total. The molecule has 1 fully saturated rings. The molecule has 0 aromatic heterocycles. The Morgan fingerprint density at radius 1 is 1.44 bits per heavy atom. The topological polar surface area (TPSA) is 75.8 Å². The summed E-state index contributed by atoms with van der Waals surface area (Å²) >= 11 is 0. The van der Waals surface area contributed by atoms with Crippen molar-refractivity contribution in [2.45, 2.75) is 19.8 Å². The maximum Gasteiger partial charge on any atom is 0.191 e. The second-order valence-corrected chi connectivity index (χ2v) is 6.80. The van der Waals surface area contributed by atoms with Crippen LogP contribution in [0, 0.1) is 5.92 Å². The molecule has 5 nitrogen and oxygen atoms in total. The minimum absolute atomic E-state index is 0.0674. The second kappa shape index (κ2) is 5.52. The van der Waals surface area contributed by atoms with Gasteiger partial charge in [-0.2, -0.15) is 0 Å². The Morgan fingerprint density at radius 3 is 2.50 bits per heavy atom. The van der Waals surface area contributed by atoms with E-state index in [1.165, 1.54) is 6.26 Å². The SMILES string of the molecule is CC1CCN(C(N)=NCCS(C)(=O)=O)CC1. The number of hydrogen-bond donors (Lipinski definition) is 1. The first-order chi connectivity index (χ1) is 7.38. The van der Waals surface area contributed by atoms with Crippen molar-refractivity contribution in [1.82, 2.24) is 4.90 Å². The number of likely N-dealkylation sites (tertiary alicyclic amines) is 1. The van der Waals surface area contributed by atoms with Gasteiger partial charge in [0.25, 0.3) is 0 Å². The summed E-state index contributed by atoms with van der Waals surface area (Å²) in [6, 6.07) is 0. The molecule has 6 heteroatoms. The normalized spacial score (nSPS) is 20.1. The van der Waals surface area contributed by atoms with Crippen LogP contribution in [0.4, 0.5) is 0 Å². The molecule has 0 saturated carbocycles. The Labute approximate surface area is 97.6 Å². The van der Waals surface area contributed by atoms with E-state index in [4.69, 9.17) is 5.73 Å². The van der Waals surface area contributed by atoms with Crippen LogP contribution in [0.1, 0.15) is 19.8 Å². The molecule has 16 heavy (non-hydrogen) atoms. The Hall–Kier alpha value is -0.780. The van der Waals surface area contributed by atoms with Crippen LogP contribution in [0.15, 0.2) is 4.99 Å². The smallest absolute Gasteiger partial charge is 0.191 e. The first-order valence-electron chi connectivity index (χ1n) is 5.61. The summed E-state index contributed by atoms with van der Waals surface area (Å²) in [5.74, 6) is 1.30. The van der Waals surface area contributed by atoms with Crippen molar-refractivity contribution in [3.8, 4) is 0 Å². The van der Waals surface area contributed by atoms with E-state index in [0.717, 1.165) is 31.8 Å². The number of nitrogens with zero attached hydrogens (tertiary/aromatic N) is 2. The van der Waals surface area contributed by atoms with E-state index in [0.29, 0.717) is 5.96 Å². The van der Waals surface area contributed by atoms with E-state index in [-0.39, 0.29) is 12.3 Å². The number of guanidine groups is 1. The molecule has 1 saturated heterocycles. The van der Waals surface area contributed by atoms with Gasteiger partial charge in [0.2, 0.25) is 0 Å². The van der Waals surface area contributed by atoms with Crippen LogP contribution in [0.2, 0.25) is 0 Å². The van der Waals surface area contributed by atoms with Crippen LogP contribution in [-0.4, -0.2) is 50.9 Å². The molecule has 0 aliphatic carbocycles. The molecule has 0 aromatic rings. The molecule has 1 heterocycles. The summed E-state index contributed by atoms with van der Waals surface area (Å²) in [4.78, 5) is 6.13. The molecular formula is C10H21N3O2S. The van der Waals surface area contributed by atoms with Gasteiger partial charge in [0.05, 0.1) is 12.3 Å². The number of piperidine rings is 1. The Bertz CT molecular complexity index is 343. The van der Waals surface area contributed by atoms with E-state index in [9.17, 15) is 8.42 Å². The third-order valence-corrected chi connectivity index (χ3v) is 3.77.